The number of hydrogen-bond acceptors (Lipinski definition) is 2. The Morgan fingerprint density at radius 2 is 1.95 bits per heavy atom. The third-order valence-corrected chi connectivity index (χ3v) is 4.24. The number of rotatable bonds is 2. The van der Waals surface area contributed by atoms with E-state index in [0.29, 0.717) is 28.7 Å². The molecule has 0 aromatic heterocycles. The standard InChI is InChI=1S/C14H18BrFN2O/c1-3-17-4-6-18(7-5-17)14(19)11-9-13(16)10(2)8-12(11)15/h8-9H,3-7H2,1-2H3. The highest BCUT2D eigenvalue weighted by Gasteiger charge is 2.23. The van der Waals surface area contributed by atoms with E-state index in [1.54, 1.807) is 17.9 Å². The Kier molecular flexibility index (Phi) is 4.58. The second-order valence-electron chi connectivity index (χ2n) is 4.81. The van der Waals surface area contributed by atoms with Crippen LogP contribution in [0.15, 0.2) is 16.6 Å². The van der Waals surface area contributed by atoms with Crippen LogP contribution in [0, 0.1) is 12.7 Å². The SMILES string of the molecule is CCN1CCN(C(=O)c2cc(F)c(C)cc2Br)CC1. The van der Waals surface area contributed by atoms with E-state index in [1.807, 2.05) is 0 Å². The number of amides is 1. The van der Waals surface area contributed by atoms with Crippen molar-refractivity contribution in [3.05, 3.63) is 33.5 Å². The largest absolute Gasteiger partial charge is 0.336 e. The quantitative estimate of drug-likeness (QED) is 0.833. The Bertz CT molecular complexity index is 485. The molecule has 1 aliphatic rings. The Labute approximate surface area is 121 Å². The molecule has 0 atom stereocenters. The minimum absolute atomic E-state index is 0.0958. The zero-order valence-corrected chi connectivity index (χ0v) is 12.8. The highest BCUT2D eigenvalue weighted by atomic mass is 79.9. The fourth-order valence-corrected chi connectivity index (χ4v) is 2.88. The number of piperazine rings is 1. The Morgan fingerprint density at radius 3 is 2.53 bits per heavy atom. The van der Waals surface area contributed by atoms with Crippen LogP contribution < -0.4 is 0 Å². The van der Waals surface area contributed by atoms with Gasteiger partial charge in [-0.05, 0) is 47.1 Å². The van der Waals surface area contributed by atoms with Gasteiger partial charge >= 0.3 is 0 Å². The Hall–Kier alpha value is -0.940. The van der Waals surface area contributed by atoms with Crippen molar-refractivity contribution in [1.29, 1.82) is 0 Å². The van der Waals surface area contributed by atoms with Gasteiger partial charge in [0.1, 0.15) is 5.82 Å². The molecular formula is C14H18BrFN2O. The lowest BCUT2D eigenvalue weighted by atomic mass is 10.1. The van der Waals surface area contributed by atoms with Gasteiger partial charge in [0.2, 0.25) is 0 Å². The van der Waals surface area contributed by atoms with Crippen molar-refractivity contribution in [2.45, 2.75) is 13.8 Å². The molecular weight excluding hydrogens is 311 g/mol. The molecule has 0 radical (unpaired) electrons. The van der Waals surface area contributed by atoms with Crippen molar-refractivity contribution in [3.8, 4) is 0 Å². The summed E-state index contributed by atoms with van der Waals surface area (Å²) in [5.74, 6) is -0.430. The molecule has 1 heterocycles. The summed E-state index contributed by atoms with van der Waals surface area (Å²) in [6.45, 7) is 7.98. The summed E-state index contributed by atoms with van der Waals surface area (Å²) in [4.78, 5) is 16.5. The smallest absolute Gasteiger partial charge is 0.255 e. The molecule has 2 rings (SSSR count). The summed E-state index contributed by atoms with van der Waals surface area (Å²) in [7, 11) is 0. The van der Waals surface area contributed by atoms with Gasteiger partial charge in [0.05, 0.1) is 5.56 Å². The van der Waals surface area contributed by atoms with Crippen molar-refractivity contribution >= 4 is 21.8 Å². The maximum atomic E-state index is 13.6. The van der Waals surface area contributed by atoms with Gasteiger partial charge < -0.3 is 9.80 Å². The Morgan fingerprint density at radius 1 is 1.32 bits per heavy atom. The van der Waals surface area contributed by atoms with Crippen LogP contribution in [0.3, 0.4) is 0 Å². The third-order valence-electron chi connectivity index (χ3n) is 3.59. The van der Waals surface area contributed by atoms with Crippen LogP contribution in [0.1, 0.15) is 22.8 Å². The number of benzene rings is 1. The molecule has 19 heavy (non-hydrogen) atoms. The summed E-state index contributed by atoms with van der Waals surface area (Å²) < 4.78 is 14.3. The Balaban J connectivity index is 2.14. The first-order valence-electron chi connectivity index (χ1n) is 6.50. The summed E-state index contributed by atoms with van der Waals surface area (Å²) in [5.41, 5.74) is 0.951. The molecule has 0 unspecified atom stereocenters. The van der Waals surface area contributed by atoms with Gasteiger partial charge in [-0.3, -0.25) is 4.79 Å². The average Bonchev–Trinajstić information content (AvgIpc) is 2.42. The number of halogens is 2. The zero-order chi connectivity index (χ0) is 14.0. The maximum absolute atomic E-state index is 13.6. The highest BCUT2D eigenvalue weighted by molar-refractivity contribution is 9.10. The molecule has 0 bridgehead atoms. The lowest BCUT2D eigenvalue weighted by molar-refractivity contribution is 0.0642. The van der Waals surface area contributed by atoms with Gasteiger partial charge in [0.25, 0.3) is 5.91 Å². The van der Waals surface area contributed by atoms with Gasteiger partial charge in [0.15, 0.2) is 0 Å². The summed E-state index contributed by atoms with van der Waals surface area (Å²) in [6.07, 6.45) is 0. The topological polar surface area (TPSA) is 23.6 Å². The first-order valence-corrected chi connectivity index (χ1v) is 7.29. The normalized spacial score (nSPS) is 16.7. The van der Waals surface area contributed by atoms with E-state index < -0.39 is 0 Å². The fourth-order valence-electron chi connectivity index (χ4n) is 2.25. The highest BCUT2D eigenvalue weighted by Crippen LogP contribution is 2.23. The summed E-state index contributed by atoms with van der Waals surface area (Å²) >= 11 is 3.35. The van der Waals surface area contributed by atoms with E-state index in [9.17, 15) is 9.18 Å². The number of likely N-dealkylation sites (N-methyl/N-ethyl adjacent to an activating group) is 1. The molecule has 0 N–H and O–H groups in total. The van der Waals surface area contributed by atoms with Gasteiger partial charge in [0, 0.05) is 30.7 Å². The molecule has 5 heteroatoms. The molecule has 1 aliphatic heterocycles. The van der Waals surface area contributed by atoms with E-state index in [2.05, 4.69) is 27.8 Å². The molecule has 0 aliphatic carbocycles. The monoisotopic (exact) mass is 328 g/mol. The predicted molar refractivity (Wildman–Crippen MR) is 76.9 cm³/mol. The lowest BCUT2D eigenvalue weighted by Gasteiger charge is -2.34. The van der Waals surface area contributed by atoms with Crippen molar-refractivity contribution in [3.63, 3.8) is 0 Å². The van der Waals surface area contributed by atoms with Crippen molar-refractivity contribution in [2.24, 2.45) is 0 Å². The van der Waals surface area contributed by atoms with E-state index in [4.69, 9.17) is 0 Å². The van der Waals surface area contributed by atoms with E-state index in [0.717, 1.165) is 19.6 Å². The fraction of sp³-hybridized carbons (Fsp3) is 0.500. The lowest BCUT2D eigenvalue weighted by Crippen LogP contribution is -2.48. The number of hydrogen-bond donors (Lipinski definition) is 0. The molecule has 1 fully saturated rings. The van der Waals surface area contributed by atoms with Crippen LogP contribution in [0.4, 0.5) is 4.39 Å². The number of aryl methyl sites for hydroxylation is 1. The molecule has 1 aromatic rings. The molecule has 104 valence electrons. The van der Waals surface area contributed by atoms with E-state index in [1.165, 1.54) is 6.07 Å². The average molecular weight is 329 g/mol. The molecule has 0 saturated carbocycles. The summed E-state index contributed by atoms with van der Waals surface area (Å²) in [5, 5.41) is 0. The minimum atomic E-state index is -0.334. The molecule has 1 saturated heterocycles. The predicted octanol–water partition coefficient (Wildman–Crippen LogP) is 2.67. The van der Waals surface area contributed by atoms with Crippen LogP contribution in [-0.2, 0) is 0 Å². The van der Waals surface area contributed by atoms with Crippen LogP contribution in [0.5, 0.6) is 0 Å². The second-order valence-corrected chi connectivity index (χ2v) is 5.66. The van der Waals surface area contributed by atoms with Gasteiger partial charge in [-0.25, -0.2) is 4.39 Å². The van der Waals surface area contributed by atoms with E-state index in [-0.39, 0.29) is 11.7 Å². The van der Waals surface area contributed by atoms with Crippen molar-refractivity contribution in [1.82, 2.24) is 9.80 Å². The third kappa shape index (κ3) is 3.15. The number of carbonyl (C=O) groups excluding carboxylic acids is 1. The van der Waals surface area contributed by atoms with Crippen molar-refractivity contribution < 1.29 is 9.18 Å². The van der Waals surface area contributed by atoms with Crippen LogP contribution in [0.2, 0.25) is 0 Å². The molecule has 0 spiro atoms. The van der Waals surface area contributed by atoms with Crippen molar-refractivity contribution in [2.75, 3.05) is 32.7 Å². The van der Waals surface area contributed by atoms with Crippen LogP contribution in [0.25, 0.3) is 0 Å². The first kappa shape index (κ1) is 14.5. The second kappa shape index (κ2) is 6.01. The molecule has 3 nitrogen and oxygen atoms in total. The van der Waals surface area contributed by atoms with Gasteiger partial charge in [-0.15, -0.1) is 0 Å². The van der Waals surface area contributed by atoms with Crippen LogP contribution >= 0.6 is 15.9 Å². The zero-order valence-electron chi connectivity index (χ0n) is 11.2. The summed E-state index contributed by atoms with van der Waals surface area (Å²) in [6, 6.07) is 2.98. The minimum Gasteiger partial charge on any atom is -0.336 e. The molecule has 1 amide bonds. The first-order chi connectivity index (χ1) is 9.02. The van der Waals surface area contributed by atoms with E-state index >= 15 is 0 Å². The number of carbonyl (C=O) groups is 1. The van der Waals surface area contributed by atoms with Gasteiger partial charge in [-0.2, -0.15) is 0 Å². The maximum Gasteiger partial charge on any atom is 0.255 e. The van der Waals surface area contributed by atoms with Gasteiger partial charge in [-0.1, -0.05) is 6.92 Å². The molecule has 1 aromatic carbocycles. The number of nitrogens with zero attached hydrogens (tertiary/aromatic N) is 2. The van der Waals surface area contributed by atoms with Crippen LogP contribution in [-0.4, -0.2) is 48.4 Å².